The highest BCUT2D eigenvalue weighted by atomic mass is 32.1. The number of aromatic nitrogens is 2. The Hall–Kier alpha value is -4.45. The lowest BCUT2D eigenvalue weighted by molar-refractivity contribution is -0.119. The van der Waals surface area contributed by atoms with Gasteiger partial charge in [0.05, 0.1) is 18.9 Å². The van der Waals surface area contributed by atoms with Crippen molar-refractivity contribution in [2.45, 2.75) is 90.7 Å². The van der Waals surface area contributed by atoms with Gasteiger partial charge in [-0.15, -0.1) is 10.2 Å². The predicted molar refractivity (Wildman–Crippen MR) is 183 cm³/mol. The fourth-order valence-electron chi connectivity index (χ4n) is 4.52. The van der Waals surface area contributed by atoms with Crippen molar-refractivity contribution in [1.82, 2.24) is 20.8 Å². The number of benzene rings is 2. The van der Waals surface area contributed by atoms with Crippen molar-refractivity contribution < 1.29 is 19.1 Å². The number of hydrogen-bond donors (Lipinski definition) is 4. The molecule has 0 radical (unpaired) electrons. The molecule has 0 aliphatic heterocycles. The van der Waals surface area contributed by atoms with E-state index in [1.165, 1.54) is 11.3 Å². The molecule has 1 aromatic heterocycles. The number of unbranched alkanes of at least 4 members (excludes halogenated alkanes) is 1. The van der Waals surface area contributed by atoms with Gasteiger partial charge in [-0.3, -0.25) is 14.6 Å². The van der Waals surface area contributed by atoms with Gasteiger partial charge in [0.15, 0.2) is 0 Å². The number of aliphatic imine (C=N–C) groups is 1. The second-order valence-corrected chi connectivity index (χ2v) is 13.1. The van der Waals surface area contributed by atoms with E-state index in [9.17, 15) is 14.4 Å². The third-order valence-corrected chi connectivity index (χ3v) is 7.70. The summed E-state index contributed by atoms with van der Waals surface area (Å²) in [7, 11) is 1.65. The number of nitrogens with one attached hydrogen (secondary N) is 4. The zero-order chi connectivity index (χ0) is 33.5. The fraction of sp³-hybridized carbons (Fsp3) is 0.441. The molecule has 0 bridgehead atoms. The topological polar surface area (TPSA) is 159 Å². The second-order valence-electron chi connectivity index (χ2n) is 12.0. The van der Waals surface area contributed by atoms with Gasteiger partial charge in [0, 0.05) is 25.6 Å². The first-order valence-electron chi connectivity index (χ1n) is 15.5. The highest BCUT2D eigenvalue weighted by molar-refractivity contribution is 7.15. The van der Waals surface area contributed by atoms with Crippen molar-refractivity contribution in [3.63, 3.8) is 0 Å². The number of aryl methyl sites for hydroxylation is 1. The molecule has 11 nitrogen and oxygen atoms in total. The quantitative estimate of drug-likeness (QED) is 0.0873. The van der Waals surface area contributed by atoms with Gasteiger partial charge in [-0.1, -0.05) is 65.9 Å². The normalized spacial score (nSPS) is 12.2. The van der Waals surface area contributed by atoms with Crippen LogP contribution in [0.2, 0.25) is 0 Å². The number of nitrogens with zero attached hydrogens (tertiary/aromatic N) is 3. The van der Waals surface area contributed by atoms with Crippen molar-refractivity contribution >= 4 is 45.9 Å². The van der Waals surface area contributed by atoms with Gasteiger partial charge in [0.25, 0.3) is 0 Å². The molecule has 0 saturated heterocycles. The molecule has 0 spiro atoms. The smallest absolute Gasteiger partial charge is 0.408 e. The summed E-state index contributed by atoms with van der Waals surface area (Å²) >= 11 is 1.35. The van der Waals surface area contributed by atoms with Crippen LogP contribution in [0.15, 0.2) is 59.6 Å². The van der Waals surface area contributed by atoms with E-state index in [4.69, 9.17) is 10.1 Å². The van der Waals surface area contributed by atoms with Crippen molar-refractivity contribution in [2.75, 3.05) is 12.4 Å². The van der Waals surface area contributed by atoms with Gasteiger partial charge in [-0.2, -0.15) is 0 Å². The average Bonchev–Trinajstić information content (AvgIpc) is 3.43. The molecule has 1 unspecified atom stereocenters. The zero-order valence-corrected chi connectivity index (χ0v) is 28.1. The first-order valence-corrected chi connectivity index (χ1v) is 16.3. The highest BCUT2D eigenvalue weighted by Gasteiger charge is 2.19. The van der Waals surface area contributed by atoms with Crippen LogP contribution in [0, 0.1) is 5.41 Å². The van der Waals surface area contributed by atoms with E-state index in [0.29, 0.717) is 42.4 Å². The number of carbonyl (C=O) groups is 3. The van der Waals surface area contributed by atoms with Crippen LogP contribution >= 0.6 is 11.3 Å². The van der Waals surface area contributed by atoms with Crippen LogP contribution < -0.4 is 16.0 Å². The van der Waals surface area contributed by atoms with Crippen LogP contribution in [0.3, 0.4) is 0 Å². The number of ether oxygens (including phenoxy) is 1. The molecule has 46 heavy (non-hydrogen) atoms. The van der Waals surface area contributed by atoms with Crippen LogP contribution in [-0.2, 0) is 33.6 Å². The summed E-state index contributed by atoms with van der Waals surface area (Å²) in [4.78, 5) is 41.3. The zero-order valence-electron chi connectivity index (χ0n) is 27.3. The molecule has 12 heteroatoms. The van der Waals surface area contributed by atoms with Gasteiger partial charge in [0.2, 0.25) is 16.9 Å². The maximum absolute atomic E-state index is 12.7. The maximum Gasteiger partial charge on any atom is 0.408 e. The Morgan fingerprint density at radius 3 is 2.37 bits per heavy atom. The molecule has 1 atom stereocenters. The van der Waals surface area contributed by atoms with Crippen LogP contribution in [0.5, 0.6) is 0 Å². The monoisotopic (exact) mass is 647 g/mol. The third kappa shape index (κ3) is 13.7. The fourth-order valence-corrected chi connectivity index (χ4v) is 5.32. The molecule has 3 amide bonds. The van der Waals surface area contributed by atoms with E-state index in [0.717, 1.165) is 34.5 Å². The SMILES string of the molecule is CN=C(CCC(=N)CCCCc1nnc(NC(=O)Cc2cccc(C(C)NC(=O)OC(C)(C)C)c2)s1)NC(=O)Cc1ccccc1. The lowest BCUT2D eigenvalue weighted by atomic mass is 10.0. The molecule has 4 N–H and O–H groups in total. The molecule has 0 saturated carbocycles. The summed E-state index contributed by atoms with van der Waals surface area (Å²) in [6, 6.07) is 16.8. The van der Waals surface area contributed by atoms with E-state index < -0.39 is 11.7 Å². The van der Waals surface area contributed by atoms with Crippen LogP contribution in [0.4, 0.5) is 9.93 Å². The van der Waals surface area contributed by atoms with E-state index >= 15 is 0 Å². The minimum absolute atomic E-state index is 0.112. The Kier molecular flexibility index (Phi) is 14.0. The van der Waals surface area contributed by atoms with Crippen LogP contribution in [0.1, 0.15) is 87.5 Å². The molecular weight excluding hydrogens is 602 g/mol. The summed E-state index contributed by atoms with van der Waals surface area (Å²) in [6.07, 6.45) is 4.04. The molecule has 2 aromatic carbocycles. The Labute approximate surface area is 275 Å². The number of carbonyl (C=O) groups excluding carboxylic acids is 3. The molecule has 246 valence electrons. The van der Waals surface area contributed by atoms with E-state index in [1.807, 2.05) is 82.3 Å². The van der Waals surface area contributed by atoms with Gasteiger partial charge >= 0.3 is 6.09 Å². The lowest BCUT2D eigenvalue weighted by Gasteiger charge is -2.22. The Balaban J connectivity index is 1.34. The minimum atomic E-state index is -0.585. The Morgan fingerprint density at radius 2 is 1.65 bits per heavy atom. The Morgan fingerprint density at radius 1 is 0.935 bits per heavy atom. The summed E-state index contributed by atoms with van der Waals surface area (Å²) in [5, 5.41) is 26.4. The van der Waals surface area contributed by atoms with E-state index in [1.54, 1.807) is 7.05 Å². The number of amides is 3. The molecule has 0 aliphatic carbocycles. The second kappa shape index (κ2) is 17.9. The number of alkyl carbamates (subject to hydrolysis) is 1. The van der Waals surface area contributed by atoms with Crippen molar-refractivity contribution in [2.24, 2.45) is 4.99 Å². The molecule has 0 aliphatic rings. The third-order valence-electron chi connectivity index (χ3n) is 6.81. The molecule has 1 heterocycles. The van der Waals surface area contributed by atoms with Gasteiger partial charge in [-0.25, -0.2) is 4.79 Å². The first kappa shape index (κ1) is 36.0. The van der Waals surface area contributed by atoms with Crippen molar-refractivity contribution in [3.05, 3.63) is 76.3 Å². The number of amidine groups is 1. The van der Waals surface area contributed by atoms with E-state index in [-0.39, 0.29) is 30.7 Å². The van der Waals surface area contributed by atoms with Gasteiger partial charge in [-0.05, 0) is 70.1 Å². The summed E-state index contributed by atoms with van der Waals surface area (Å²) in [6.45, 7) is 7.29. The molecule has 3 rings (SSSR count). The number of hydrogen-bond acceptors (Lipinski definition) is 9. The number of anilines is 1. The minimum Gasteiger partial charge on any atom is -0.444 e. The molecular formula is C34H45N7O4S. The summed E-state index contributed by atoms with van der Waals surface area (Å²) < 4.78 is 5.33. The molecule has 3 aromatic rings. The predicted octanol–water partition coefficient (Wildman–Crippen LogP) is 6.20. The summed E-state index contributed by atoms with van der Waals surface area (Å²) in [5.74, 6) is 0.276. The van der Waals surface area contributed by atoms with Gasteiger partial charge in [0.1, 0.15) is 16.4 Å². The lowest BCUT2D eigenvalue weighted by Crippen LogP contribution is -2.34. The number of rotatable bonds is 15. The standard InChI is InChI=1S/C34H45N7O4S/c1-23(37-33(44)45-34(2,3)4)26-15-11-14-25(20-26)22-30(43)39-32-41-40-31(46-32)17-10-9-16-27(35)18-19-28(36-5)38-29(42)21-24-12-7-6-8-13-24/h6-8,11-15,20,23,35H,9-10,16-19,21-22H2,1-5H3,(H,37,44)(H,36,38,42)(H,39,41,43). The van der Waals surface area contributed by atoms with Crippen molar-refractivity contribution in [1.29, 1.82) is 5.41 Å². The maximum atomic E-state index is 12.7. The Bertz CT molecular complexity index is 1500. The van der Waals surface area contributed by atoms with Crippen LogP contribution in [-0.4, -0.2) is 52.3 Å². The first-order chi connectivity index (χ1) is 21.9. The van der Waals surface area contributed by atoms with Crippen molar-refractivity contribution in [3.8, 4) is 0 Å². The molecule has 0 fully saturated rings. The average molecular weight is 648 g/mol. The van der Waals surface area contributed by atoms with Crippen LogP contribution in [0.25, 0.3) is 0 Å². The van der Waals surface area contributed by atoms with Gasteiger partial charge < -0.3 is 26.1 Å². The van der Waals surface area contributed by atoms with E-state index in [2.05, 4.69) is 31.1 Å². The summed E-state index contributed by atoms with van der Waals surface area (Å²) in [5.41, 5.74) is 2.65. The highest BCUT2D eigenvalue weighted by Crippen LogP contribution is 2.20. The largest absolute Gasteiger partial charge is 0.444 e.